The molecule has 3 aromatic heterocycles. The van der Waals surface area contributed by atoms with Crippen LogP contribution in [-0.2, 0) is 13.6 Å². The molecule has 4 rings (SSSR count). The molecule has 1 aliphatic rings. The molecule has 1 atom stereocenters. The zero-order chi connectivity index (χ0) is 20.5. The summed E-state index contributed by atoms with van der Waals surface area (Å²) in [5.74, 6) is -0.0436. The Bertz CT molecular complexity index is 1020. The van der Waals surface area contributed by atoms with Gasteiger partial charge in [0.15, 0.2) is 5.65 Å². The average molecular weight is 395 g/mol. The maximum atomic E-state index is 12.1. The van der Waals surface area contributed by atoms with Crippen molar-refractivity contribution >= 4 is 16.9 Å². The van der Waals surface area contributed by atoms with E-state index in [1.165, 1.54) is 24.1 Å². The minimum atomic E-state index is -0.0436. The van der Waals surface area contributed by atoms with Gasteiger partial charge in [0.1, 0.15) is 5.69 Å². The number of amides is 1. The lowest BCUT2D eigenvalue weighted by atomic mass is 9.98. The number of nitrogens with zero attached hydrogens (tertiary/aromatic N) is 5. The molecule has 4 heterocycles. The predicted octanol–water partition coefficient (Wildman–Crippen LogP) is 3.44. The van der Waals surface area contributed by atoms with Gasteiger partial charge in [-0.05, 0) is 57.0 Å². The van der Waals surface area contributed by atoms with Crippen LogP contribution in [0.2, 0.25) is 0 Å². The van der Waals surface area contributed by atoms with Gasteiger partial charge in [-0.3, -0.25) is 9.69 Å². The van der Waals surface area contributed by atoms with Gasteiger partial charge in [0, 0.05) is 44.0 Å². The van der Waals surface area contributed by atoms with Crippen molar-refractivity contribution in [3.63, 3.8) is 0 Å². The summed E-state index contributed by atoms with van der Waals surface area (Å²) in [6.45, 7) is 6.13. The first-order valence-corrected chi connectivity index (χ1v) is 10.4. The second-order valence-electron chi connectivity index (χ2n) is 8.20. The monoisotopic (exact) mass is 394 g/mol. The van der Waals surface area contributed by atoms with Crippen molar-refractivity contribution in [2.75, 3.05) is 13.6 Å². The van der Waals surface area contributed by atoms with E-state index in [9.17, 15) is 4.79 Å². The van der Waals surface area contributed by atoms with Gasteiger partial charge in [0.2, 0.25) is 0 Å². The van der Waals surface area contributed by atoms with Crippen LogP contribution in [-0.4, -0.2) is 43.7 Å². The SMILES string of the molecule is CNC(=O)c1ccc(C2CCCCN2Cc2cnc3c(cnn3C(C)C)c2)n1C. The fourth-order valence-corrected chi connectivity index (χ4v) is 4.42. The first-order valence-electron chi connectivity index (χ1n) is 10.4. The Hall–Kier alpha value is -2.67. The molecule has 0 aliphatic carbocycles. The van der Waals surface area contributed by atoms with Gasteiger partial charge in [-0.25, -0.2) is 9.67 Å². The molecule has 29 heavy (non-hydrogen) atoms. The molecule has 1 N–H and O–H groups in total. The van der Waals surface area contributed by atoms with Crippen LogP contribution in [0, 0.1) is 0 Å². The average Bonchev–Trinajstić information content (AvgIpc) is 3.31. The number of aromatic nitrogens is 4. The van der Waals surface area contributed by atoms with E-state index in [1.54, 1.807) is 7.05 Å². The largest absolute Gasteiger partial charge is 0.354 e. The summed E-state index contributed by atoms with van der Waals surface area (Å²) in [6, 6.07) is 6.84. The molecule has 1 amide bonds. The van der Waals surface area contributed by atoms with Crippen molar-refractivity contribution < 1.29 is 4.79 Å². The summed E-state index contributed by atoms with van der Waals surface area (Å²) in [5, 5.41) is 8.30. The Morgan fingerprint density at radius 3 is 2.86 bits per heavy atom. The third-order valence-corrected chi connectivity index (χ3v) is 5.94. The highest BCUT2D eigenvalue weighted by atomic mass is 16.1. The topological polar surface area (TPSA) is 68.0 Å². The van der Waals surface area contributed by atoms with Crippen molar-refractivity contribution in [1.82, 2.24) is 29.5 Å². The second-order valence-corrected chi connectivity index (χ2v) is 8.20. The molecule has 1 fully saturated rings. The quantitative estimate of drug-likeness (QED) is 0.720. The minimum absolute atomic E-state index is 0.0436. The van der Waals surface area contributed by atoms with Gasteiger partial charge >= 0.3 is 0 Å². The molecule has 0 aromatic carbocycles. The van der Waals surface area contributed by atoms with Crippen LogP contribution in [0.5, 0.6) is 0 Å². The highest BCUT2D eigenvalue weighted by Gasteiger charge is 2.27. The highest BCUT2D eigenvalue weighted by Crippen LogP contribution is 2.33. The summed E-state index contributed by atoms with van der Waals surface area (Å²) >= 11 is 0. The van der Waals surface area contributed by atoms with E-state index in [0.717, 1.165) is 30.5 Å². The molecule has 0 bridgehead atoms. The molecule has 1 unspecified atom stereocenters. The van der Waals surface area contributed by atoms with E-state index in [1.807, 2.05) is 34.8 Å². The number of rotatable bonds is 5. The van der Waals surface area contributed by atoms with Crippen LogP contribution in [0.15, 0.2) is 30.6 Å². The number of fused-ring (bicyclic) bond motifs is 1. The van der Waals surface area contributed by atoms with Crippen molar-refractivity contribution in [2.45, 2.75) is 51.7 Å². The highest BCUT2D eigenvalue weighted by molar-refractivity contribution is 5.92. The molecule has 7 heteroatoms. The fraction of sp³-hybridized carbons (Fsp3) is 0.500. The lowest BCUT2D eigenvalue weighted by Crippen LogP contribution is -2.34. The number of carbonyl (C=O) groups is 1. The number of hydrogen-bond donors (Lipinski definition) is 1. The Morgan fingerprint density at radius 1 is 1.28 bits per heavy atom. The predicted molar refractivity (Wildman–Crippen MR) is 114 cm³/mol. The van der Waals surface area contributed by atoms with Crippen LogP contribution in [0.1, 0.15) is 66.9 Å². The van der Waals surface area contributed by atoms with Crippen LogP contribution in [0.25, 0.3) is 11.0 Å². The van der Waals surface area contributed by atoms with Gasteiger partial charge in [0.25, 0.3) is 5.91 Å². The van der Waals surface area contributed by atoms with Crippen LogP contribution in [0.3, 0.4) is 0 Å². The van der Waals surface area contributed by atoms with Gasteiger partial charge in [0.05, 0.1) is 12.2 Å². The molecule has 0 saturated carbocycles. The van der Waals surface area contributed by atoms with Gasteiger partial charge < -0.3 is 9.88 Å². The van der Waals surface area contributed by atoms with E-state index in [4.69, 9.17) is 4.98 Å². The van der Waals surface area contributed by atoms with Gasteiger partial charge in [-0.15, -0.1) is 0 Å². The lowest BCUT2D eigenvalue weighted by Gasteiger charge is -2.36. The smallest absolute Gasteiger partial charge is 0.267 e. The summed E-state index contributed by atoms with van der Waals surface area (Å²) < 4.78 is 4.00. The molecular formula is C22H30N6O. The molecule has 7 nitrogen and oxygen atoms in total. The Kier molecular flexibility index (Phi) is 5.41. The third-order valence-electron chi connectivity index (χ3n) is 5.94. The maximum absolute atomic E-state index is 12.1. The zero-order valence-corrected chi connectivity index (χ0v) is 17.7. The van der Waals surface area contributed by atoms with Crippen LogP contribution >= 0.6 is 0 Å². The molecule has 154 valence electrons. The number of carbonyl (C=O) groups excluding carboxylic acids is 1. The fourth-order valence-electron chi connectivity index (χ4n) is 4.42. The van der Waals surface area contributed by atoms with Gasteiger partial charge in [-0.1, -0.05) is 6.42 Å². The second kappa shape index (κ2) is 7.99. The first-order chi connectivity index (χ1) is 14.0. The Morgan fingerprint density at radius 2 is 2.10 bits per heavy atom. The lowest BCUT2D eigenvalue weighted by molar-refractivity contribution is 0.0952. The maximum Gasteiger partial charge on any atom is 0.267 e. The summed E-state index contributed by atoms with van der Waals surface area (Å²) in [5.41, 5.74) is 4.05. The number of hydrogen-bond acceptors (Lipinski definition) is 4. The Balaban J connectivity index is 1.59. The number of nitrogens with one attached hydrogen (secondary N) is 1. The molecule has 3 aromatic rings. The standard InChI is InChI=1S/C22H30N6O/c1-15(2)28-21-17(13-25-28)11-16(12-24-21)14-27-10-6-5-7-19(27)18-8-9-20(26(18)4)22(29)23-3/h8-9,11-13,15,19H,5-7,10,14H2,1-4H3,(H,23,29). The Labute approximate surface area is 171 Å². The van der Waals surface area contributed by atoms with Crippen LogP contribution in [0.4, 0.5) is 0 Å². The third kappa shape index (κ3) is 3.67. The van der Waals surface area contributed by atoms with E-state index >= 15 is 0 Å². The van der Waals surface area contributed by atoms with E-state index < -0.39 is 0 Å². The van der Waals surface area contributed by atoms with Crippen molar-refractivity contribution in [3.05, 3.63) is 47.5 Å². The van der Waals surface area contributed by atoms with E-state index in [2.05, 4.69) is 41.3 Å². The summed E-state index contributed by atoms with van der Waals surface area (Å²) in [4.78, 5) is 19.3. The van der Waals surface area contributed by atoms with Gasteiger partial charge in [-0.2, -0.15) is 5.10 Å². The molecular weight excluding hydrogens is 364 g/mol. The molecule has 0 spiro atoms. The summed E-state index contributed by atoms with van der Waals surface area (Å²) in [7, 11) is 3.66. The first kappa shape index (κ1) is 19.6. The summed E-state index contributed by atoms with van der Waals surface area (Å²) in [6.07, 6.45) is 7.40. The minimum Gasteiger partial charge on any atom is -0.354 e. The normalized spacial score (nSPS) is 17.9. The van der Waals surface area contributed by atoms with Crippen molar-refractivity contribution in [1.29, 1.82) is 0 Å². The number of likely N-dealkylation sites (tertiary alicyclic amines) is 1. The molecule has 0 radical (unpaired) electrons. The molecule has 1 saturated heterocycles. The van der Waals surface area contributed by atoms with Crippen molar-refractivity contribution in [2.24, 2.45) is 7.05 Å². The number of piperidine rings is 1. The number of pyridine rings is 1. The van der Waals surface area contributed by atoms with Crippen molar-refractivity contribution in [3.8, 4) is 0 Å². The zero-order valence-electron chi connectivity index (χ0n) is 17.7. The molecule has 1 aliphatic heterocycles. The van der Waals surface area contributed by atoms with E-state index in [0.29, 0.717) is 17.8 Å². The van der Waals surface area contributed by atoms with E-state index in [-0.39, 0.29) is 5.91 Å². The van der Waals surface area contributed by atoms with Crippen LogP contribution < -0.4 is 5.32 Å².